The van der Waals surface area contributed by atoms with Crippen LogP contribution in [0.2, 0.25) is 0 Å². The first-order valence-corrected chi connectivity index (χ1v) is 4.16. The summed E-state index contributed by atoms with van der Waals surface area (Å²) in [5.41, 5.74) is 0.753. The summed E-state index contributed by atoms with van der Waals surface area (Å²) < 4.78 is 13.3. The zero-order valence-corrected chi connectivity index (χ0v) is 7.71. The molecule has 0 aliphatic heterocycles. The van der Waals surface area contributed by atoms with E-state index in [4.69, 9.17) is 5.11 Å². The minimum Gasteiger partial charge on any atom is -0.508 e. The van der Waals surface area contributed by atoms with Crippen LogP contribution in [-0.4, -0.2) is 16.3 Å². The Morgan fingerprint density at radius 2 is 2.08 bits per heavy atom. The average Bonchev–Trinajstić information content (AvgIpc) is 1.98. The molecule has 1 rings (SSSR count). The first-order valence-electron chi connectivity index (χ1n) is 4.16. The molecule has 0 heterocycles. The Morgan fingerprint density at radius 1 is 1.46 bits per heavy atom. The smallest absolute Gasteiger partial charge is 0.129 e. The van der Waals surface area contributed by atoms with Gasteiger partial charge in [-0.2, -0.15) is 0 Å². The van der Waals surface area contributed by atoms with Crippen LogP contribution in [0, 0.1) is 12.7 Å². The summed E-state index contributed by atoms with van der Waals surface area (Å²) in [5.74, 6) is -0.312. The van der Waals surface area contributed by atoms with Crippen molar-refractivity contribution in [1.29, 1.82) is 0 Å². The number of hydrogen-bond donors (Lipinski definition) is 2. The quantitative estimate of drug-likeness (QED) is 0.735. The molecule has 0 spiro atoms. The number of rotatable bonds is 2. The van der Waals surface area contributed by atoms with Crippen molar-refractivity contribution in [3.05, 3.63) is 29.1 Å². The minimum absolute atomic E-state index is 0.0366. The first-order chi connectivity index (χ1) is 6.00. The number of hydrogen-bond acceptors (Lipinski definition) is 2. The minimum atomic E-state index is -0.601. The summed E-state index contributed by atoms with van der Waals surface area (Å²) in [5, 5.41) is 18.2. The SMILES string of the molecule is Cc1cc(O)cc(CC(C)O)c1F. The molecule has 0 aliphatic rings. The zero-order chi connectivity index (χ0) is 10.0. The summed E-state index contributed by atoms with van der Waals surface area (Å²) in [4.78, 5) is 0. The van der Waals surface area contributed by atoms with E-state index in [1.807, 2.05) is 0 Å². The lowest BCUT2D eigenvalue weighted by Crippen LogP contribution is -2.06. The maximum atomic E-state index is 13.3. The van der Waals surface area contributed by atoms with Crippen LogP contribution in [-0.2, 0) is 6.42 Å². The third-order valence-electron chi connectivity index (χ3n) is 1.83. The highest BCUT2D eigenvalue weighted by molar-refractivity contribution is 5.34. The average molecular weight is 184 g/mol. The van der Waals surface area contributed by atoms with Gasteiger partial charge in [0.15, 0.2) is 0 Å². The summed E-state index contributed by atoms with van der Waals surface area (Å²) >= 11 is 0. The van der Waals surface area contributed by atoms with Gasteiger partial charge in [0.2, 0.25) is 0 Å². The summed E-state index contributed by atoms with van der Waals surface area (Å²) in [6.45, 7) is 3.17. The van der Waals surface area contributed by atoms with Gasteiger partial charge in [0, 0.05) is 6.42 Å². The maximum absolute atomic E-state index is 13.3. The third-order valence-corrected chi connectivity index (χ3v) is 1.83. The molecule has 2 N–H and O–H groups in total. The monoisotopic (exact) mass is 184 g/mol. The molecule has 0 saturated heterocycles. The van der Waals surface area contributed by atoms with Crippen molar-refractivity contribution in [2.75, 3.05) is 0 Å². The Morgan fingerprint density at radius 3 is 2.62 bits per heavy atom. The fourth-order valence-corrected chi connectivity index (χ4v) is 1.29. The van der Waals surface area contributed by atoms with Crippen molar-refractivity contribution < 1.29 is 14.6 Å². The van der Waals surface area contributed by atoms with Crippen LogP contribution >= 0.6 is 0 Å². The van der Waals surface area contributed by atoms with E-state index in [-0.39, 0.29) is 18.0 Å². The van der Waals surface area contributed by atoms with E-state index in [1.165, 1.54) is 12.1 Å². The van der Waals surface area contributed by atoms with E-state index in [1.54, 1.807) is 13.8 Å². The van der Waals surface area contributed by atoms with Gasteiger partial charge in [0.1, 0.15) is 11.6 Å². The molecule has 1 aromatic rings. The number of phenols is 1. The van der Waals surface area contributed by atoms with Gasteiger partial charge in [-0.25, -0.2) is 4.39 Å². The van der Waals surface area contributed by atoms with Crippen LogP contribution in [0.1, 0.15) is 18.1 Å². The lowest BCUT2D eigenvalue weighted by atomic mass is 10.0. The second kappa shape index (κ2) is 3.75. The van der Waals surface area contributed by atoms with Gasteiger partial charge in [-0.05, 0) is 37.1 Å². The molecule has 13 heavy (non-hydrogen) atoms. The highest BCUT2D eigenvalue weighted by Crippen LogP contribution is 2.20. The fraction of sp³-hybridized carbons (Fsp3) is 0.400. The number of aliphatic hydroxyl groups is 1. The number of aromatic hydroxyl groups is 1. The predicted molar refractivity (Wildman–Crippen MR) is 48.2 cm³/mol. The molecule has 1 atom stereocenters. The largest absolute Gasteiger partial charge is 0.508 e. The molecule has 0 saturated carbocycles. The van der Waals surface area contributed by atoms with Crippen molar-refractivity contribution in [3.8, 4) is 5.75 Å². The predicted octanol–water partition coefficient (Wildman–Crippen LogP) is 1.76. The number of benzene rings is 1. The number of phenolic OH excluding ortho intramolecular Hbond substituents is 1. The Balaban J connectivity index is 3.05. The molecule has 1 aromatic carbocycles. The molecule has 0 radical (unpaired) electrons. The van der Waals surface area contributed by atoms with Gasteiger partial charge in [0.05, 0.1) is 6.10 Å². The first kappa shape index (κ1) is 9.99. The molecule has 0 aliphatic carbocycles. The van der Waals surface area contributed by atoms with E-state index in [2.05, 4.69) is 0 Å². The third kappa shape index (κ3) is 2.42. The summed E-state index contributed by atoms with van der Waals surface area (Å²) in [7, 11) is 0. The Labute approximate surface area is 76.6 Å². The van der Waals surface area contributed by atoms with E-state index in [0.29, 0.717) is 11.1 Å². The van der Waals surface area contributed by atoms with Gasteiger partial charge in [-0.15, -0.1) is 0 Å². The fourth-order valence-electron chi connectivity index (χ4n) is 1.29. The van der Waals surface area contributed by atoms with Crippen LogP contribution in [0.4, 0.5) is 4.39 Å². The number of aliphatic hydroxyl groups excluding tert-OH is 1. The van der Waals surface area contributed by atoms with E-state index in [0.717, 1.165) is 0 Å². The maximum Gasteiger partial charge on any atom is 0.129 e. The standard InChI is InChI=1S/C10H13FO2/c1-6-3-9(13)5-8(10(6)11)4-7(2)12/h3,5,7,12-13H,4H2,1-2H3. The topological polar surface area (TPSA) is 40.5 Å². The molecule has 3 heteroatoms. The molecule has 1 unspecified atom stereocenters. The van der Waals surface area contributed by atoms with Crippen molar-refractivity contribution in [3.63, 3.8) is 0 Å². The molecule has 0 aromatic heterocycles. The van der Waals surface area contributed by atoms with Crippen molar-refractivity contribution in [1.82, 2.24) is 0 Å². The highest BCUT2D eigenvalue weighted by atomic mass is 19.1. The highest BCUT2D eigenvalue weighted by Gasteiger charge is 2.09. The molecular formula is C10H13FO2. The normalized spacial score (nSPS) is 12.9. The van der Waals surface area contributed by atoms with Gasteiger partial charge in [-0.1, -0.05) is 0 Å². The Kier molecular flexibility index (Phi) is 2.88. The van der Waals surface area contributed by atoms with Gasteiger partial charge in [-0.3, -0.25) is 0 Å². The van der Waals surface area contributed by atoms with Gasteiger partial charge >= 0.3 is 0 Å². The van der Waals surface area contributed by atoms with Gasteiger partial charge < -0.3 is 10.2 Å². The lowest BCUT2D eigenvalue weighted by molar-refractivity contribution is 0.194. The van der Waals surface area contributed by atoms with Crippen LogP contribution < -0.4 is 0 Å². The van der Waals surface area contributed by atoms with E-state index in [9.17, 15) is 9.50 Å². The van der Waals surface area contributed by atoms with E-state index >= 15 is 0 Å². The van der Waals surface area contributed by atoms with Crippen LogP contribution in [0.15, 0.2) is 12.1 Å². The van der Waals surface area contributed by atoms with Gasteiger partial charge in [0.25, 0.3) is 0 Å². The van der Waals surface area contributed by atoms with Crippen molar-refractivity contribution in [2.45, 2.75) is 26.4 Å². The van der Waals surface area contributed by atoms with E-state index < -0.39 is 6.10 Å². The zero-order valence-electron chi connectivity index (χ0n) is 7.71. The number of halogens is 1. The molecule has 0 amide bonds. The van der Waals surface area contributed by atoms with Crippen molar-refractivity contribution >= 4 is 0 Å². The Hall–Kier alpha value is -1.09. The summed E-state index contributed by atoms with van der Waals surface area (Å²) in [6.07, 6.45) is -0.378. The van der Waals surface area contributed by atoms with Crippen molar-refractivity contribution in [2.24, 2.45) is 0 Å². The molecule has 0 bridgehead atoms. The molecule has 2 nitrogen and oxygen atoms in total. The molecule has 0 fully saturated rings. The summed E-state index contributed by atoms with van der Waals surface area (Å²) in [6, 6.07) is 2.70. The molecule has 72 valence electrons. The molecular weight excluding hydrogens is 171 g/mol. The van der Waals surface area contributed by atoms with Crippen LogP contribution in [0.25, 0.3) is 0 Å². The number of aryl methyl sites for hydroxylation is 1. The second-order valence-corrected chi connectivity index (χ2v) is 3.29. The Bertz CT molecular complexity index is 308. The second-order valence-electron chi connectivity index (χ2n) is 3.29. The van der Waals surface area contributed by atoms with Crippen LogP contribution in [0.3, 0.4) is 0 Å². The van der Waals surface area contributed by atoms with Crippen LogP contribution in [0.5, 0.6) is 5.75 Å². The lowest BCUT2D eigenvalue weighted by Gasteiger charge is -2.08.